The lowest BCUT2D eigenvalue weighted by atomic mass is 9.97. The number of para-hydroxylation sites is 1. The molecule has 1 aliphatic heterocycles. The fourth-order valence-electron chi connectivity index (χ4n) is 2.58. The lowest BCUT2D eigenvalue weighted by Crippen LogP contribution is -2.37. The Labute approximate surface area is 153 Å². The van der Waals surface area contributed by atoms with Crippen LogP contribution in [0, 0.1) is 6.92 Å². The zero-order valence-corrected chi connectivity index (χ0v) is 14.9. The Morgan fingerprint density at radius 2 is 1.85 bits per heavy atom. The number of benzene rings is 2. The Balaban J connectivity index is 0.000000290. The van der Waals surface area contributed by atoms with Crippen molar-refractivity contribution in [3.8, 4) is 5.75 Å². The number of aryl methyl sites for hydroxylation is 1. The Hall–Kier alpha value is -2.86. The minimum atomic E-state index is -0.832. The molecule has 2 aromatic rings. The van der Waals surface area contributed by atoms with Gasteiger partial charge < -0.3 is 14.6 Å². The Morgan fingerprint density at radius 3 is 2.35 bits per heavy atom. The number of aliphatic hydroxyl groups is 1. The molecule has 0 aliphatic carbocycles. The number of hydrogen-bond donors (Lipinski definition) is 1. The maximum atomic E-state index is 12.3. The second-order valence-corrected chi connectivity index (χ2v) is 5.74. The first-order valence-corrected chi connectivity index (χ1v) is 8.32. The van der Waals surface area contributed by atoms with Crippen molar-refractivity contribution in [1.82, 2.24) is 4.90 Å². The van der Waals surface area contributed by atoms with Gasteiger partial charge in [-0.3, -0.25) is 4.79 Å². The molecule has 0 bridgehead atoms. The van der Waals surface area contributed by atoms with E-state index in [2.05, 4.69) is 19.1 Å². The molecule has 0 radical (unpaired) electrons. The molecule has 6 nitrogen and oxygen atoms in total. The van der Waals surface area contributed by atoms with Crippen LogP contribution >= 0.6 is 0 Å². The third-order valence-electron chi connectivity index (χ3n) is 3.96. The van der Waals surface area contributed by atoms with Crippen molar-refractivity contribution in [1.29, 1.82) is 0 Å². The normalized spacial score (nSPS) is 14.1. The summed E-state index contributed by atoms with van der Waals surface area (Å²) in [6.45, 7) is 2.08. The van der Waals surface area contributed by atoms with Crippen molar-refractivity contribution in [2.45, 2.75) is 12.8 Å². The summed E-state index contributed by atoms with van der Waals surface area (Å²) in [4.78, 5) is 24.7. The van der Waals surface area contributed by atoms with Crippen molar-refractivity contribution in [3.63, 3.8) is 0 Å². The number of hydrogen-bond acceptors (Lipinski definition) is 5. The van der Waals surface area contributed by atoms with Gasteiger partial charge in [-0.05, 0) is 13.0 Å². The molecule has 1 heterocycles. The van der Waals surface area contributed by atoms with E-state index in [0.29, 0.717) is 11.3 Å². The van der Waals surface area contributed by atoms with Gasteiger partial charge in [-0.25, -0.2) is 9.69 Å². The highest BCUT2D eigenvalue weighted by molar-refractivity contribution is 5.97. The number of methoxy groups -OCH3 is 1. The van der Waals surface area contributed by atoms with Crippen LogP contribution < -0.4 is 4.74 Å². The van der Waals surface area contributed by atoms with E-state index in [1.54, 1.807) is 24.3 Å². The van der Waals surface area contributed by atoms with Crippen molar-refractivity contribution in [2.24, 2.45) is 0 Å². The summed E-state index contributed by atoms with van der Waals surface area (Å²) in [7, 11) is 1.49. The first-order chi connectivity index (χ1) is 12.6. The maximum absolute atomic E-state index is 12.3. The second-order valence-electron chi connectivity index (χ2n) is 5.74. The van der Waals surface area contributed by atoms with Crippen molar-refractivity contribution in [2.75, 3.05) is 26.9 Å². The van der Waals surface area contributed by atoms with Crippen LogP contribution in [-0.4, -0.2) is 48.9 Å². The van der Waals surface area contributed by atoms with Gasteiger partial charge in [0.1, 0.15) is 12.4 Å². The van der Waals surface area contributed by atoms with Crippen LogP contribution in [0.25, 0.3) is 0 Å². The van der Waals surface area contributed by atoms with Gasteiger partial charge >= 0.3 is 6.09 Å². The van der Waals surface area contributed by atoms with Crippen LogP contribution in [0.1, 0.15) is 17.0 Å². The van der Waals surface area contributed by atoms with Crippen molar-refractivity contribution in [3.05, 3.63) is 65.7 Å². The number of cyclic esters (lactones) is 1. The molecule has 3 rings (SSSR count). The third kappa shape index (κ3) is 4.83. The number of carbonyl (C=O) groups is 2. The molecule has 1 aliphatic rings. The highest BCUT2D eigenvalue weighted by Gasteiger charge is 2.35. The highest BCUT2D eigenvalue weighted by Crippen LogP contribution is 2.28. The fourth-order valence-corrected chi connectivity index (χ4v) is 2.58. The molecule has 26 heavy (non-hydrogen) atoms. The molecular weight excluding hydrogens is 334 g/mol. The average molecular weight is 357 g/mol. The summed E-state index contributed by atoms with van der Waals surface area (Å²) in [5.41, 5.74) is 1.87. The Kier molecular flexibility index (Phi) is 7.17. The van der Waals surface area contributed by atoms with Crippen molar-refractivity contribution < 1.29 is 24.2 Å². The molecule has 1 atom stereocenters. The lowest BCUT2D eigenvalue weighted by molar-refractivity contribution is -0.130. The minimum Gasteiger partial charge on any atom is -0.496 e. The van der Waals surface area contributed by atoms with Gasteiger partial charge in [-0.15, -0.1) is 0 Å². The van der Waals surface area contributed by atoms with Gasteiger partial charge in [0.05, 0.1) is 26.2 Å². The summed E-state index contributed by atoms with van der Waals surface area (Å²) in [5, 5.41) is 9.46. The fraction of sp³-hybridized carbons (Fsp3) is 0.300. The van der Waals surface area contributed by atoms with Gasteiger partial charge in [0.25, 0.3) is 0 Å². The van der Waals surface area contributed by atoms with Gasteiger partial charge in [0.2, 0.25) is 5.91 Å². The molecule has 0 spiro atoms. The zero-order chi connectivity index (χ0) is 18.9. The van der Waals surface area contributed by atoms with Crippen LogP contribution in [-0.2, 0) is 9.53 Å². The number of carbonyl (C=O) groups excluding carboxylic acids is 2. The van der Waals surface area contributed by atoms with Crippen LogP contribution in [0.2, 0.25) is 0 Å². The van der Waals surface area contributed by atoms with E-state index in [1.165, 1.54) is 12.7 Å². The molecule has 0 aromatic heterocycles. The summed E-state index contributed by atoms with van der Waals surface area (Å²) < 4.78 is 9.90. The number of nitrogens with zero attached hydrogens (tertiary/aromatic N) is 1. The Bertz CT molecular complexity index is 732. The van der Waals surface area contributed by atoms with Gasteiger partial charge in [0.15, 0.2) is 0 Å². The highest BCUT2D eigenvalue weighted by atomic mass is 16.6. The maximum Gasteiger partial charge on any atom is 0.416 e. The predicted molar refractivity (Wildman–Crippen MR) is 97.1 cm³/mol. The van der Waals surface area contributed by atoms with Crippen LogP contribution in [0.5, 0.6) is 5.75 Å². The first kappa shape index (κ1) is 19.5. The van der Waals surface area contributed by atoms with Gasteiger partial charge in [0, 0.05) is 5.56 Å². The molecule has 2 amide bonds. The number of ether oxygens (including phenoxy) is 2. The van der Waals surface area contributed by atoms with Gasteiger partial charge in [-0.1, -0.05) is 54.1 Å². The summed E-state index contributed by atoms with van der Waals surface area (Å²) in [6.07, 6.45) is -0.668. The predicted octanol–water partition coefficient (Wildman–Crippen LogP) is 2.74. The van der Waals surface area contributed by atoms with E-state index in [-0.39, 0.29) is 13.2 Å². The SMILES string of the molecule is COc1ccccc1C(CO)C(=O)N1CCOC1=O.Cc1ccccc1. The lowest BCUT2D eigenvalue weighted by Gasteiger charge is -2.20. The van der Waals surface area contributed by atoms with E-state index in [1.807, 2.05) is 18.2 Å². The van der Waals surface area contributed by atoms with E-state index in [4.69, 9.17) is 9.47 Å². The van der Waals surface area contributed by atoms with E-state index >= 15 is 0 Å². The quantitative estimate of drug-likeness (QED) is 0.911. The van der Waals surface area contributed by atoms with Crippen LogP contribution in [0.3, 0.4) is 0 Å². The van der Waals surface area contributed by atoms with Gasteiger partial charge in [-0.2, -0.15) is 0 Å². The van der Waals surface area contributed by atoms with Crippen LogP contribution in [0.4, 0.5) is 4.79 Å². The molecule has 2 aromatic carbocycles. The standard InChI is InChI=1S/C13H15NO5.C7H8/c1-18-11-5-3-2-4-9(11)10(8-15)12(16)14-6-7-19-13(14)17;1-7-5-3-2-4-6-7/h2-5,10,15H,6-8H2,1H3;2-6H,1H3. The molecule has 138 valence electrons. The molecule has 1 N–H and O–H groups in total. The molecule has 1 fully saturated rings. The first-order valence-electron chi connectivity index (χ1n) is 8.32. The number of imide groups is 1. The zero-order valence-electron chi connectivity index (χ0n) is 14.9. The molecule has 1 saturated heterocycles. The molecule has 0 saturated carbocycles. The third-order valence-corrected chi connectivity index (χ3v) is 3.96. The van der Waals surface area contributed by atoms with E-state index in [0.717, 1.165) is 4.90 Å². The van der Waals surface area contributed by atoms with Crippen LogP contribution in [0.15, 0.2) is 54.6 Å². The number of aliphatic hydroxyl groups excluding tert-OH is 1. The van der Waals surface area contributed by atoms with Crippen molar-refractivity contribution >= 4 is 12.0 Å². The second kappa shape index (κ2) is 9.58. The molecule has 1 unspecified atom stereocenters. The number of amides is 2. The summed E-state index contributed by atoms with van der Waals surface area (Å²) in [6, 6.07) is 17.2. The topological polar surface area (TPSA) is 76.1 Å². The number of rotatable bonds is 4. The monoisotopic (exact) mass is 357 g/mol. The summed E-state index contributed by atoms with van der Waals surface area (Å²) >= 11 is 0. The molecule has 6 heteroatoms. The minimum absolute atomic E-state index is 0.189. The average Bonchev–Trinajstić information content (AvgIpc) is 3.10. The Morgan fingerprint density at radius 1 is 1.19 bits per heavy atom. The largest absolute Gasteiger partial charge is 0.496 e. The van der Waals surface area contributed by atoms with E-state index in [9.17, 15) is 14.7 Å². The smallest absolute Gasteiger partial charge is 0.416 e. The summed E-state index contributed by atoms with van der Waals surface area (Å²) in [5.74, 6) is -0.807. The van der Waals surface area contributed by atoms with E-state index < -0.39 is 24.5 Å². The molecular formula is C20H23NO5.